The molecule has 1 amide bonds. The second-order valence-electron chi connectivity index (χ2n) is 6.07. The van der Waals surface area contributed by atoms with Gasteiger partial charge in [-0.2, -0.15) is 5.10 Å². The fourth-order valence-electron chi connectivity index (χ4n) is 2.57. The first-order valence-corrected chi connectivity index (χ1v) is 9.61. The maximum atomic E-state index is 12.5. The molecule has 0 spiro atoms. The summed E-state index contributed by atoms with van der Waals surface area (Å²) in [7, 11) is 0. The SMILES string of the molecule is CCc1ccc(C(C)NC(=O)c2ccc(CSc3ncn[nH]3)cc2)cc1. The van der Waals surface area contributed by atoms with E-state index in [1.807, 2.05) is 31.2 Å². The molecule has 2 N–H and O–H groups in total. The molecule has 0 aliphatic carbocycles. The van der Waals surface area contributed by atoms with Gasteiger partial charge in [-0.05, 0) is 42.2 Å². The highest BCUT2D eigenvalue weighted by Crippen LogP contribution is 2.19. The van der Waals surface area contributed by atoms with Crippen molar-refractivity contribution in [2.75, 3.05) is 0 Å². The van der Waals surface area contributed by atoms with Crippen LogP contribution >= 0.6 is 11.8 Å². The Morgan fingerprint density at radius 1 is 1.12 bits per heavy atom. The molecule has 26 heavy (non-hydrogen) atoms. The van der Waals surface area contributed by atoms with Gasteiger partial charge < -0.3 is 5.32 Å². The number of thioether (sulfide) groups is 1. The van der Waals surface area contributed by atoms with Gasteiger partial charge in [-0.25, -0.2) is 4.98 Å². The average Bonchev–Trinajstić information content (AvgIpc) is 3.20. The number of amides is 1. The van der Waals surface area contributed by atoms with Gasteiger partial charge in [0, 0.05) is 11.3 Å². The second kappa shape index (κ2) is 8.67. The van der Waals surface area contributed by atoms with Crippen LogP contribution in [-0.2, 0) is 12.2 Å². The third kappa shape index (κ3) is 4.73. The Morgan fingerprint density at radius 2 is 1.81 bits per heavy atom. The monoisotopic (exact) mass is 366 g/mol. The number of nitrogens with zero attached hydrogens (tertiary/aromatic N) is 2. The van der Waals surface area contributed by atoms with Crippen LogP contribution in [0.15, 0.2) is 60.0 Å². The molecular weight excluding hydrogens is 344 g/mol. The van der Waals surface area contributed by atoms with E-state index >= 15 is 0 Å². The molecule has 1 unspecified atom stereocenters. The number of nitrogens with one attached hydrogen (secondary N) is 2. The van der Waals surface area contributed by atoms with Crippen LogP contribution in [0.1, 0.15) is 46.9 Å². The molecule has 0 radical (unpaired) electrons. The van der Waals surface area contributed by atoms with Crippen molar-refractivity contribution in [1.82, 2.24) is 20.5 Å². The highest BCUT2D eigenvalue weighted by molar-refractivity contribution is 7.98. The number of carbonyl (C=O) groups excluding carboxylic acids is 1. The summed E-state index contributed by atoms with van der Waals surface area (Å²) in [4.78, 5) is 16.5. The highest BCUT2D eigenvalue weighted by Gasteiger charge is 2.11. The van der Waals surface area contributed by atoms with Gasteiger partial charge in [-0.3, -0.25) is 9.89 Å². The van der Waals surface area contributed by atoms with E-state index in [1.165, 1.54) is 11.9 Å². The standard InChI is InChI=1S/C20H22N4OS/c1-3-15-4-8-17(9-5-15)14(2)23-19(25)18-10-6-16(7-11-18)12-26-20-21-13-22-24-20/h4-11,13-14H,3,12H2,1-2H3,(H,23,25)(H,21,22,24). The number of hydrogen-bond donors (Lipinski definition) is 2. The first-order valence-electron chi connectivity index (χ1n) is 8.62. The van der Waals surface area contributed by atoms with E-state index in [-0.39, 0.29) is 11.9 Å². The molecule has 1 aromatic heterocycles. The normalized spacial score (nSPS) is 11.9. The minimum atomic E-state index is -0.0634. The van der Waals surface area contributed by atoms with Gasteiger partial charge >= 0.3 is 0 Å². The molecule has 0 aliphatic heterocycles. The zero-order valence-electron chi connectivity index (χ0n) is 14.9. The zero-order valence-corrected chi connectivity index (χ0v) is 15.7. The molecule has 1 atom stereocenters. The molecule has 134 valence electrons. The summed E-state index contributed by atoms with van der Waals surface area (Å²) in [6.45, 7) is 4.13. The summed E-state index contributed by atoms with van der Waals surface area (Å²) in [5, 5.41) is 10.5. The number of H-pyrrole nitrogens is 1. The molecule has 6 heteroatoms. The van der Waals surface area contributed by atoms with Crippen LogP contribution in [0.5, 0.6) is 0 Å². The Hall–Kier alpha value is -2.60. The van der Waals surface area contributed by atoms with Crippen molar-refractivity contribution in [2.45, 2.75) is 37.2 Å². The van der Waals surface area contributed by atoms with E-state index < -0.39 is 0 Å². The molecule has 0 saturated heterocycles. The van der Waals surface area contributed by atoms with Crippen molar-refractivity contribution < 1.29 is 4.79 Å². The maximum absolute atomic E-state index is 12.5. The molecule has 3 aromatic rings. The summed E-state index contributed by atoms with van der Waals surface area (Å²) in [5.41, 5.74) is 4.20. The fourth-order valence-corrected chi connectivity index (χ4v) is 3.31. The van der Waals surface area contributed by atoms with Crippen LogP contribution in [0.25, 0.3) is 0 Å². The predicted molar refractivity (Wildman–Crippen MR) is 104 cm³/mol. The molecule has 0 aliphatic rings. The van der Waals surface area contributed by atoms with Crippen LogP contribution < -0.4 is 5.32 Å². The number of aryl methyl sites for hydroxylation is 1. The third-order valence-corrected chi connectivity index (χ3v) is 5.17. The van der Waals surface area contributed by atoms with Crippen molar-refractivity contribution >= 4 is 17.7 Å². The number of carbonyl (C=O) groups is 1. The highest BCUT2D eigenvalue weighted by atomic mass is 32.2. The molecular formula is C20H22N4OS. The summed E-state index contributed by atoms with van der Waals surface area (Å²) in [6.07, 6.45) is 2.51. The van der Waals surface area contributed by atoms with E-state index in [0.717, 1.165) is 28.5 Å². The van der Waals surface area contributed by atoms with Crippen molar-refractivity contribution in [3.05, 3.63) is 77.1 Å². The first-order chi connectivity index (χ1) is 12.7. The Morgan fingerprint density at radius 3 is 2.42 bits per heavy atom. The second-order valence-corrected chi connectivity index (χ2v) is 7.03. The third-order valence-electron chi connectivity index (χ3n) is 4.22. The van der Waals surface area contributed by atoms with Crippen LogP contribution in [0.4, 0.5) is 0 Å². The lowest BCUT2D eigenvalue weighted by Gasteiger charge is -2.15. The lowest BCUT2D eigenvalue weighted by atomic mass is 10.0. The molecule has 0 fully saturated rings. The van der Waals surface area contributed by atoms with Gasteiger partial charge in [0.05, 0.1) is 6.04 Å². The minimum absolute atomic E-state index is 0.0323. The number of aromatic amines is 1. The topological polar surface area (TPSA) is 70.7 Å². The lowest BCUT2D eigenvalue weighted by Crippen LogP contribution is -2.26. The summed E-state index contributed by atoms with van der Waals surface area (Å²) < 4.78 is 0. The molecule has 1 heterocycles. The van der Waals surface area contributed by atoms with Crippen LogP contribution in [0.3, 0.4) is 0 Å². The van der Waals surface area contributed by atoms with Gasteiger partial charge in [-0.15, -0.1) is 0 Å². The summed E-state index contributed by atoms with van der Waals surface area (Å²) in [6, 6.07) is 16.0. The van der Waals surface area contributed by atoms with Crippen molar-refractivity contribution in [1.29, 1.82) is 0 Å². The Labute approximate surface area is 157 Å². The Kier molecular flexibility index (Phi) is 6.07. The zero-order chi connectivity index (χ0) is 18.4. The van der Waals surface area contributed by atoms with Gasteiger partial charge in [0.2, 0.25) is 0 Å². The van der Waals surface area contributed by atoms with E-state index in [2.05, 4.69) is 51.7 Å². The fraction of sp³-hybridized carbons (Fsp3) is 0.250. The van der Waals surface area contributed by atoms with Gasteiger partial charge in [0.15, 0.2) is 5.16 Å². The smallest absolute Gasteiger partial charge is 0.251 e. The van der Waals surface area contributed by atoms with Gasteiger partial charge in [0.1, 0.15) is 6.33 Å². The largest absolute Gasteiger partial charge is 0.346 e. The van der Waals surface area contributed by atoms with Crippen LogP contribution in [-0.4, -0.2) is 21.1 Å². The average molecular weight is 366 g/mol. The van der Waals surface area contributed by atoms with E-state index in [0.29, 0.717) is 5.56 Å². The number of hydrogen-bond acceptors (Lipinski definition) is 4. The molecule has 3 rings (SSSR count). The summed E-state index contributed by atoms with van der Waals surface area (Å²) in [5.74, 6) is 0.712. The quantitative estimate of drug-likeness (QED) is 0.616. The number of benzene rings is 2. The maximum Gasteiger partial charge on any atom is 0.251 e. The van der Waals surface area contributed by atoms with Crippen LogP contribution in [0.2, 0.25) is 0 Å². The van der Waals surface area contributed by atoms with E-state index in [9.17, 15) is 4.79 Å². The summed E-state index contributed by atoms with van der Waals surface area (Å²) >= 11 is 1.58. The minimum Gasteiger partial charge on any atom is -0.346 e. The van der Waals surface area contributed by atoms with Crippen molar-refractivity contribution in [2.24, 2.45) is 0 Å². The molecule has 0 bridgehead atoms. The Bertz CT molecular complexity index is 829. The molecule has 2 aromatic carbocycles. The van der Waals surface area contributed by atoms with E-state index in [1.54, 1.807) is 11.8 Å². The number of aromatic nitrogens is 3. The Balaban J connectivity index is 1.56. The van der Waals surface area contributed by atoms with Crippen molar-refractivity contribution in [3.63, 3.8) is 0 Å². The van der Waals surface area contributed by atoms with Gasteiger partial charge in [0.25, 0.3) is 5.91 Å². The number of rotatable bonds is 7. The van der Waals surface area contributed by atoms with E-state index in [4.69, 9.17) is 0 Å². The molecule has 0 saturated carbocycles. The predicted octanol–water partition coefficient (Wildman–Crippen LogP) is 4.15. The molecule has 5 nitrogen and oxygen atoms in total. The van der Waals surface area contributed by atoms with Gasteiger partial charge in [-0.1, -0.05) is 55.1 Å². The van der Waals surface area contributed by atoms with Crippen molar-refractivity contribution in [3.8, 4) is 0 Å². The lowest BCUT2D eigenvalue weighted by molar-refractivity contribution is 0.0940. The first kappa shape index (κ1) is 18.2. The van der Waals surface area contributed by atoms with Crippen LogP contribution in [0, 0.1) is 0 Å².